The van der Waals surface area contributed by atoms with E-state index < -0.39 is 0 Å². The second-order valence-corrected chi connectivity index (χ2v) is 2.50. The summed E-state index contributed by atoms with van der Waals surface area (Å²) in [4.78, 5) is 0. The molecule has 68 valence electrons. The van der Waals surface area contributed by atoms with E-state index in [-0.39, 0.29) is 16.7 Å². The second-order valence-electron chi connectivity index (χ2n) is 2.50. The first kappa shape index (κ1) is 11.8. The van der Waals surface area contributed by atoms with Crippen molar-refractivity contribution < 1.29 is 9.84 Å². The number of phenols is 1. The molecule has 0 saturated heterocycles. The molecular formula is C10H12O2Si. The van der Waals surface area contributed by atoms with Crippen molar-refractivity contribution in [3.8, 4) is 11.5 Å². The van der Waals surface area contributed by atoms with E-state index >= 15 is 0 Å². The van der Waals surface area contributed by atoms with Gasteiger partial charge in [-0.25, -0.2) is 0 Å². The third-order valence-corrected chi connectivity index (χ3v) is 1.62. The summed E-state index contributed by atoms with van der Waals surface area (Å²) in [5.41, 5.74) is 1.08. The zero-order valence-corrected chi connectivity index (χ0v) is 8.58. The molecule has 4 radical (unpaired) electrons. The van der Waals surface area contributed by atoms with Gasteiger partial charge in [-0.3, -0.25) is 0 Å². The number of hydrogen-bond acceptors (Lipinski definition) is 2. The molecule has 1 aromatic rings. The molecule has 0 bridgehead atoms. The highest BCUT2D eigenvalue weighted by Gasteiger charge is 2.00. The number of aromatic hydroxyl groups is 1. The van der Waals surface area contributed by atoms with Gasteiger partial charge in [0.2, 0.25) is 0 Å². The maximum atomic E-state index is 9.25. The molecule has 1 rings (SSSR count). The van der Waals surface area contributed by atoms with Crippen molar-refractivity contribution >= 4 is 11.0 Å². The van der Waals surface area contributed by atoms with Crippen molar-refractivity contribution in [2.45, 2.75) is 6.42 Å². The normalized spacial score (nSPS) is 8.69. The topological polar surface area (TPSA) is 29.5 Å². The first-order valence-corrected chi connectivity index (χ1v) is 3.74. The summed E-state index contributed by atoms with van der Waals surface area (Å²) in [5, 5.41) is 9.25. The Morgan fingerprint density at radius 3 is 2.77 bits per heavy atom. The number of hydrogen-bond donors (Lipinski definition) is 1. The highest BCUT2D eigenvalue weighted by Crippen LogP contribution is 2.26. The van der Waals surface area contributed by atoms with Crippen LogP contribution >= 0.6 is 0 Å². The largest absolute Gasteiger partial charge is 0.504 e. The van der Waals surface area contributed by atoms with E-state index in [4.69, 9.17) is 4.74 Å². The van der Waals surface area contributed by atoms with Gasteiger partial charge in [-0.15, -0.1) is 6.58 Å². The molecule has 0 fully saturated rings. The fraction of sp³-hybridized carbons (Fsp3) is 0.200. The molecule has 1 aromatic carbocycles. The van der Waals surface area contributed by atoms with Gasteiger partial charge < -0.3 is 9.84 Å². The minimum absolute atomic E-state index is 0. The first-order valence-electron chi connectivity index (χ1n) is 3.74. The molecule has 0 heterocycles. The molecule has 0 amide bonds. The smallest absolute Gasteiger partial charge is 0.160 e. The summed E-state index contributed by atoms with van der Waals surface area (Å²) >= 11 is 0. The number of allylic oxidation sites excluding steroid dienone is 1. The summed E-state index contributed by atoms with van der Waals surface area (Å²) in [6.45, 7) is 3.63. The molecule has 0 aromatic heterocycles. The van der Waals surface area contributed by atoms with Crippen LogP contribution in [0.15, 0.2) is 30.9 Å². The van der Waals surface area contributed by atoms with E-state index in [2.05, 4.69) is 6.58 Å². The third kappa shape index (κ3) is 2.95. The van der Waals surface area contributed by atoms with Crippen molar-refractivity contribution in [1.29, 1.82) is 0 Å². The Hall–Kier alpha value is -1.22. The molecule has 0 atom stereocenters. The molecule has 3 heteroatoms. The number of methoxy groups -OCH3 is 1. The molecule has 13 heavy (non-hydrogen) atoms. The standard InChI is InChI=1S/C10H12O2.Si/c1-3-4-8-5-6-9(11)10(7-8)12-2;/h3,5-7,11H,1,4H2,2H3;. The molecule has 0 aliphatic carbocycles. The number of rotatable bonds is 3. The van der Waals surface area contributed by atoms with E-state index in [1.807, 2.05) is 12.1 Å². The van der Waals surface area contributed by atoms with Gasteiger partial charge in [0.15, 0.2) is 11.5 Å². The highest BCUT2D eigenvalue weighted by atomic mass is 28.1. The van der Waals surface area contributed by atoms with Crippen LogP contribution in [0.4, 0.5) is 0 Å². The van der Waals surface area contributed by atoms with Crippen molar-refractivity contribution in [2.24, 2.45) is 0 Å². The zero-order chi connectivity index (χ0) is 8.97. The lowest BCUT2D eigenvalue weighted by Crippen LogP contribution is -1.86. The Labute approximate surface area is 82.9 Å². The average molecular weight is 192 g/mol. The Kier molecular flexibility index (Phi) is 4.92. The lowest BCUT2D eigenvalue weighted by Gasteiger charge is -2.04. The van der Waals surface area contributed by atoms with Crippen LogP contribution in [0.25, 0.3) is 0 Å². The first-order chi connectivity index (χ1) is 5.77. The quantitative estimate of drug-likeness (QED) is 0.584. The van der Waals surface area contributed by atoms with E-state index in [0.717, 1.165) is 12.0 Å². The molecular weight excluding hydrogens is 180 g/mol. The maximum Gasteiger partial charge on any atom is 0.160 e. The Morgan fingerprint density at radius 2 is 2.23 bits per heavy atom. The minimum Gasteiger partial charge on any atom is -0.504 e. The summed E-state index contributed by atoms with van der Waals surface area (Å²) in [6.07, 6.45) is 2.60. The van der Waals surface area contributed by atoms with Crippen molar-refractivity contribution in [1.82, 2.24) is 0 Å². The highest BCUT2D eigenvalue weighted by molar-refractivity contribution is 5.75. The Morgan fingerprint density at radius 1 is 1.54 bits per heavy atom. The van der Waals surface area contributed by atoms with Gasteiger partial charge in [-0.05, 0) is 24.1 Å². The lowest BCUT2D eigenvalue weighted by atomic mass is 10.1. The average Bonchev–Trinajstić information content (AvgIpc) is 2.09. The molecule has 0 aliphatic rings. The summed E-state index contributed by atoms with van der Waals surface area (Å²) in [5.74, 6) is 0.680. The third-order valence-electron chi connectivity index (χ3n) is 1.62. The Bertz CT molecular complexity index is 284. The van der Waals surface area contributed by atoms with Crippen LogP contribution in [0.5, 0.6) is 11.5 Å². The predicted molar refractivity (Wildman–Crippen MR) is 54.3 cm³/mol. The molecule has 0 saturated carbocycles. The van der Waals surface area contributed by atoms with Gasteiger partial charge in [0.1, 0.15) is 0 Å². The fourth-order valence-corrected chi connectivity index (χ4v) is 1.02. The lowest BCUT2D eigenvalue weighted by molar-refractivity contribution is 0.373. The molecule has 0 aliphatic heterocycles. The summed E-state index contributed by atoms with van der Waals surface area (Å²) in [6, 6.07) is 5.27. The fourth-order valence-electron chi connectivity index (χ4n) is 1.02. The molecule has 0 unspecified atom stereocenters. The second kappa shape index (κ2) is 5.43. The molecule has 1 N–H and O–H groups in total. The van der Waals surface area contributed by atoms with E-state index in [1.54, 1.807) is 12.1 Å². The van der Waals surface area contributed by atoms with Crippen LogP contribution in [0.2, 0.25) is 0 Å². The maximum absolute atomic E-state index is 9.25. The molecule has 0 spiro atoms. The van der Waals surface area contributed by atoms with Crippen LogP contribution in [0, 0.1) is 0 Å². The van der Waals surface area contributed by atoms with Gasteiger partial charge in [0, 0.05) is 11.0 Å². The number of ether oxygens (including phenoxy) is 1. The van der Waals surface area contributed by atoms with E-state index in [9.17, 15) is 5.11 Å². The summed E-state index contributed by atoms with van der Waals surface area (Å²) < 4.78 is 4.95. The van der Waals surface area contributed by atoms with Gasteiger partial charge >= 0.3 is 0 Å². The van der Waals surface area contributed by atoms with Crippen molar-refractivity contribution in [3.05, 3.63) is 36.4 Å². The van der Waals surface area contributed by atoms with Crippen LogP contribution < -0.4 is 4.74 Å². The van der Waals surface area contributed by atoms with Crippen LogP contribution in [-0.4, -0.2) is 23.2 Å². The number of benzene rings is 1. The Balaban J connectivity index is 0.00000144. The zero-order valence-electron chi connectivity index (χ0n) is 7.58. The predicted octanol–water partition coefficient (Wildman–Crippen LogP) is 1.75. The van der Waals surface area contributed by atoms with E-state index in [0.29, 0.717) is 5.75 Å². The SMILES string of the molecule is C=CCc1ccc(O)c(OC)c1.[Si]. The van der Waals surface area contributed by atoms with Gasteiger partial charge in [0.05, 0.1) is 7.11 Å². The van der Waals surface area contributed by atoms with E-state index in [1.165, 1.54) is 7.11 Å². The van der Waals surface area contributed by atoms with Crippen molar-refractivity contribution in [2.75, 3.05) is 7.11 Å². The van der Waals surface area contributed by atoms with Crippen LogP contribution in [0.3, 0.4) is 0 Å². The molecule has 2 nitrogen and oxygen atoms in total. The van der Waals surface area contributed by atoms with Crippen molar-refractivity contribution in [3.63, 3.8) is 0 Å². The van der Waals surface area contributed by atoms with Crippen LogP contribution in [-0.2, 0) is 6.42 Å². The van der Waals surface area contributed by atoms with Crippen LogP contribution in [0.1, 0.15) is 5.56 Å². The van der Waals surface area contributed by atoms with Gasteiger partial charge in [-0.2, -0.15) is 0 Å². The summed E-state index contributed by atoms with van der Waals surface area (Å²) in [7, 11) is 1.53. The minimum atomic E-state index is 0. The van der Waals surface area contributed by atoms with Gasteiger partial charge in [-0.1, -0.05) is 12.1 Å². The monoisotopic (exact) mass is 192 g/mol. The van der Waals surface area contributed by atoms with Gasteiger partial charge in [0.25, 0.3) is 0 Å². The number of phenolic OH excluding ortho intramolecular Hbond substituents is 1.